The van der Waals surface area contributed by atoms with Gasteiger partial charge < -0.3 is 29.3 Å². The predicted molar refractivity (Wildman–Crippen MR) is 135 cm³/mol. The van der Waals surface area contributed by atoms with Crippen LogP contribution in [0, 0.1) is 5.92 Å². The fourth-order valence-corrected chi connectivity index (χ4v) is 3.46. The normalized spacial score (nSPS) is 17.4. The van der Waals surface area contributed by atoms with Gasteiger partial charge in [0.15, 0.2) is 17.3 Å². The number of hydrogen-bond acceptors (Lipinski definition) is 5. The van der Waals surface area contributed by atoms with Crippen molar-refractivity contribution in [1.82, 2.24) is 10.6 Å². The molecule has 0 aliphatic carbocycles. The summed E-state index contributed by atoms with van der Waals surface area (Å²) in [5, 5.41) is 7.77. The fraction of sp³-hybridized carbons (Fsp3) is 0.609. The molecule has 8 heteroatoms. The standard InChI is InChI=1S/C23H35N3O4.HI/c1-4-24-23(25-11-7-12-27-15-18-10-13-28-16-18)26-17(3)21-14-19-8-6-9-20(29-5-2)22(19)30-21;/h6,8-9,14,17-18H,4-5,7,10-13,15-16H2,1-3H3,(H2,24,25,26);1H. The quantitative estimate of drug-likeness (QED) is 0.187. The number of para-hydroxylation sites is 1. The summed E-state index contributed by atoms with van der Waals surface area (Å²) in [6.07, 6.45) is 2.00. The van der Waals surface area contributed by atoms with Gasteiger partial charge in [-0.25, -0.2) is 0 Å². The van der Waals surface area contributed by atoms with Gasteiger partial charge in [-0.2, -0.15) is 0 Å². The highest BCUT2D eigenvalue weighted by Gasteiger charge is 2.16. The molecule has 2 heterocycles. The topological polar surface area (TPSA) is 77.3 Å². The van der Waals surface area contributed by atoms with E-state index in [0.717, 1.165) is 74.3 Å². The van der Waals surface area contributed by atoms with Gasteiger partial charge in [-0.1, -0.05) is 12.1 Å². The number of guanidine groups is 1. The lowest BCUT2D eigenvalue weighted by molar-refractivity contribution is 0.0893. The van der Waals surface area contributed by atoms with Gasteiger partial charge in [0.2, 0.25) is 0 Å². The molecule has 1 aliphatic heterocycles. The van der Waals surface area contributed by atoms with Gasteiger partial charge in [0.25, 0.3) is 0 Å². The first-order valence-corrected chi connectivity index (χ1v) is 11.1. The van der Waals surface area contributed by atoms with E-state index in [0.29, 0.717) is 19.1 Å². The van der Waals surface area contributed by atoms with Crippen LogP contribution in [-0.2, 0) is 9.47 Å². The third kappa shape index (κ3) is 7.84. The molecule has 2 unspecified atom stereocenters. The molecule has 31 heavy (non-hydrogen) atoms. The maximum Gasteiger partial charge on any atom is 0.191 e. The van der Waals surface area contributed by atoms with Crippen molar-refractivity contribution in [3.05, 3.63) is 30.0 Å². The van der Waals surface area contributed by atoms with Crippen LogP contribution in [0.15, 0.2) is 33.7 Å². The second-order valence-corrected chi connectivity index (χ2v) is 7.54. The summed E-state index contributed by atoms with van der Waals surface area (Å²) in [5.41, 5.74) is 0.787. The molecule has 1 aliphatic rings. The van der Waals surface area contributed by atoms with Crippen molar-refractivity contribution < 1.29 is 18.6 Å². The Morgan fingerprint density at radius 1 is 1.32 bits per heavy atom. The van der Waals surface area contributed by atoms with E-state index in [4.69, 9.17) is 18.6 Å². The Morgan fingerprint density at radius 3 is 2.94 bits per heavy atom. The Kier molecular flexibility index (Phi) is 11.5. The molecule has 174 valence electrons. The second-order valence-electron chi connectivity index (χ2n) is 7.54. The van der Waals surface area contributed by atoms with Crippen LogP contribution in [0.5, 0.6) is 5.75 Å². The Labute approximate surface area is 202 Å². The smallest absolute Gasteiger partial charge is 0.191 e. The highest BCUT2D eigenvalue weighted by Crippen LogP contribution is 2.31. The van der Waals surface area contributed by atoms with E-state index in [1.807, 2.05) is 25.1 Å². The van der Waals surface area contributed by atoms with Crippen molar-refractivity contribution in [2.45, 2.75) is 39.7 Å². The Bertz CT molecular complexity index is 805. The van der Waals surface area contributed by atoms with E-state index in [1.54, 1.807) is 0 Å². The number of nitrogens with one attached hydrogen (secondary N) is 2. The third-order valence-electron chi connectivity index (χ3n) is 5.05. The van der Waals surface area contributed by atoms with E-state index >= 15 is 0 Å². The molecule has 3 rings (SSSR count). The first-order chi connectivity index (χ1) is 14.7. The maximum atomic E-state index is 6.10. The summed E-state index contributed by atoms with van der Waals surface area (Å²) in [7, 11) is 0. The van der Waals surface area contributed by atoms with Gasteiger partial charge >= 0.3 is 0 Å². The number of ether oxygens (including phenoxy) is 3. The average Bonchev–Trinajstić information content (AvgIpc) is 3.41. The number of benzene rings is 1. The molecule has 2 aromatic rings. The fourth-order valence-electron chi connectivity index (χ4n) is 3.46. The molecule has 0 radical (unpaired) electrons. The van der Waals surface area contributed by atoms with Crippen molar-refractivity contribution in [1.29, 1.82) is 0 Å². The van der Waals surface area contributed by atoms with Crippen LogP contribution in [0.2, 0.25) is 0 Å². The highest BCUT2D eigenvalue weighted by atomic mass is 127. The van der Waals surface area contributed by atoms with Gasteiger partial charge in [0, 0.05) is 37.6 Å². The van der Waals surface area contributed by atoms with E-state index in [9.17, 15) is 0 Å². The number of rotatable bonds is 11. The molecule has 0 saturated carbocycles. The lowest BCUT2D eigenvalue weighted by atomic mass is 10.1. The van der Waals surface area contributed by atoms with Crippen LogP contribution in [0.4, 0.5) is 0 Å². The van der Waals surface area contributed by atoms with Crippen LogP contribution in [0.25, 0.3) is 11.0 Å². The van der Waals surface area contributed by atoms with E-state index in [2.05, 4.69) is 35.5 Å². The SMILES string of the molecule is CCNC(=NCCCOCC1CCOC1)NC(C)c1cc2cccc(OCC)c2o1.I. The third-order valence-corrected chi connectivity index (χ3v) is 5.05. The zero-order chi connectivity index (χ0) is 21.2. The maximum absolute atomic E-state index is 6.10. The van der Waals surface area contributed by atoms with Gasteiger partial charge in [0.1, 0.15) is 5.76 Å². The molecule has 1 aromatic carbocycles. The molecular formula is C23H36IN3O4. The van der Waals surface area contributed by atoms with Gasteiger partial charge in [0.05, 0.1) is 25.9 Å². The Hall–Kier alpha value is -1.52. The molecule has 0 spiro atoms. The van der Waals surface area contributed by atoms with Crippen LogP contribution in [-0.4, -0.2) is 52.1 Å². The van der Waals surface area contributed by atoms with Crippen molar-refractivity contribution in [3.8, 4) is 5.75 Å². The number of furan rings is 1. The number of halogens is 1. The molecule has 1 saturated heterocycles. The first-order valence-electron chi connectivity index (χ1n) is 11.1. The van der Waals surface area contributed by atoms with Crippen molar-refractivity contribution >= 4 is 40.9 Å². The van der Waals surface area contributed by atoms with Gasteiger partial charge in [-0.05, 0) is 45.7 Å². The van der Waals surface area contributed by atoms with E-state index in [1.165, 1.54) is 0 Å². The number of aliphatic imine (C=N–C) groups is 1. The molecule has 0 bridgehead atoms. The number of nitrogens with zero attached hydrogens (tertiary/aromatic N) is 1. The van der Waals surface area contributed by atoms with Crippen molar-refractivity contribution in [3.63, 3.8) is 0 Å². The molecular weight excluding hydrogens is 509 g/mol. The van der Waals surface area contributed by atoms with E-state index in [-0.39, 0.29) is 30.0 Å². The highest BCUT2D eigenvalue weighted by molar-refractivity contribution is 14.0. The summed E-state index contributed by atoms with van der Waals surface area (Å²) in [6.45, 7) is 11.4. The summed E-state index contributed by atoms with van der Waals surface area (Å²) in [5.74, 6) is 2.96. The van der Waals surface area contributed by atoms with Gasteiger partial charge in [-0.3, -0.25) is 4.99 Å². The molecule has 7 nitrogen and oxygen atoms in total. The Morgan fingerprint density at radius 2 is 2.19 bits per heavy atom. The monoisotopic (exact) mass is 545 g/mol. The second kappa shape index (κ2) is 13.8. The largest absolute Gasteiger partial charge is 0.490 e. The lowest BCUT2D eigenvalue weighted by Crippen LogP contribution is -2.38. The average molecular weight is 545 g/mol. The molecule has 2 N–H and O–H groups in total. The van der Waals surface area contributed by atoms with Crippen LogP contribution in [0.3, 0.4) is 0 Å². The van der Waals surface area contributed by atoms with Crippen molar-refractivity contribution in [2.24, 2.45) is 10.9 Å². The number of fused-ring (bicyclic) bond motifs is 1. The summed E-state index contributed by atoms with van der Waals surface area (Å²) in [4.78, 5) is 4.67. The summed E-state index contributed by atoms with van der Waals surface area (Å²) in [6, 6.07) is 7.99. The van der Waals surface area contributed by atoms with E-state index < -0.39 is 0 Å². The minimum atomic E-state index is -0.0247. The zero-order valence-corrected chi connectivity index (χ0v) is 21.1. The van der Waals surface area contributed by atoms with Gasteiger partial charge in [-0.15, -0.1) is 24.0 Å². The zero-order valence-electron chi connectivity index (χ0n) is 18.8. The summed E-state index contributed by atoms with van der Waals surface area (Å²) >= 11 is 0. The van der Waals surface area contributed by atoms with Crippen LogP contribution >= 0.6 is 24.0 Å². The van der Waals surface area contributed by atoms with Crippen molar-refractivity contribution in [2.75, 3.05) is 46.1 Å². The lowest BCUT2D eigenvalue weighted by Gasteiger charge is -2.16. The van der Waals surface area contributed by atoms with Crippen LogP contribution < -0.4 is 15.4 Å². The predicted octanol–water partition coefficient (Wildman–Crippen LogP) is 4.51. The Balaban J connectivity index is 0.00000341. The molecule has 0 amide bonds. The minimum absolute atomic E-state index is 0. The molecule has 2 atom stereocenters. The van der Waals surface area contributed by atoms with Crippen LogP contribution in [0.1, 0.15) is 45.4 Å². The number of hydrogen-bond donors (Lipinski definition) is 2. The molecule has 1 fully saturated rings. The molecule has 1 aromatic heterocycles. The summed E-state index contributed by atoms with van der Waals surface area (Å²) < 4.78 is 22.9. The first kappa shape index (κ1) is 25.7. The minimum Gasteiger partial charge on any atom is -0.490 e.